The quantitative estimate of drug-likeness (QED) is 0.562. The summed E-state index contributed by atoms with van der Waals surface area (Å²) in [7, 11) is 0. The van der Waals surface area contributed by atoms with Crippen LogP contribution in [0.25, 0.3) is 0 Å². The number of carbonyl (C=O) groups is 1. The molecule has 0 saturated heterocycles. The molecule has 14 heavy (non-hydrogen) atoms. The molecule has 4 N–H and O–H groups in total. The molecule has 0 bridgehead atoms. The third-order valence-corrected chi connectivity index (χ3v) is 1.82. The number of amides is 1. The van der Waals surface area contributed by atoms with Crippen molar-refractivity contribution >= 4 is 17.5 Å². The van der Waals surface area contributed by atoms with E-state index < -0.39 is 6.10 Å². The lowest BCUT2D eigenvalue weighted by Gasteiger charge is -2.07. The van der Waals surface area contributed by atoms with E-state index in [0.29, 0.717) is 10.7 Å². The first-order valence-corrected chi connectivity index (χ1v) is 4.42. The number of aromatic nitrogens is 1. The van der Waals surface area contributed by atoms with Gasteiger partial charge < -0.3 is 20.5 Å². The number of aromatic amines is 1. The Morgan fingerprint density at radius 3 is 2.93 bits per heavy atom. The number of hydrogen-bond acceptors (Lipinski definition) is 3. The Morgan fingerprint density at radius 1 is 1.71 bits per heavy atom. The van der Waals surface area contributed by atoms with Crippen molar-refractivity contribution < 1.29 is 15.0 Å². The highest BCUT2D eigenvalue weighted by molar-refractivity contribution is 6.30. The number of nitrogens with one attached hydrogen (secondary N) is 2. The molecule has 0 aliphatic carbocycles. The lowest BCUT2D eigenvalue weighted by atomic mass is 10.3. The third kappa shape index (κ3) is 3.02. The van der Waals surface area contributed by atoms with Crippen LogP contribution in [-0.4, -0.2) is 40.4 Å². The maximum absolute atomic E-state index is 11.3. The first kappa shape index (κ1) is 11.0. The molecule has 0 fully saturated rings. The van der Waals surface area contributed by atoms with Crippen molar-refractivity contribution in [1.29, 1.82) is 0 Å². The van der Waals surface area contributed by atoms with E-state index in [-0.39, 0.29) is 19.1 Å². The Balaban J connectivity index is 2.43. The smallest absolute Gasteiger partial charge is 0.267 e. The van der Waals surface area contributed by atoms with Crippen LogP contribution in [0.5, 0.6) is 0 Å². The lowest BCUT2D eigenvalue weighted by Crippen LogP contribution is -2.34. The largest absolute Gasteiger partial charge is 0.394 e. The maximum Gasteiger partial charge on any atom is 0.267 e. The van der Waals surface area contributed by atoms with Gasteiger partial charge in [0.25, 0.3) is 5.91 Å². The molecule has 1 aromatic rings. The van der Waals surface area contributed by atoms with Gasteiger partial charge in [0.15, 0.2) is 0 Å². The summed E-state index contributed by atoms with van der Waals surface area (Å²) in [6, 6.07) is 1.47. The van der Waals surface area contributed by atoms with E-state index in [1.807, 2.05) is 0 Å². The summed E-state index contributed by atoms with van der Waals surface area (Å²) in [4.78, 5) is 13.9. The van der Waals surface area contributed by atoms with Crippen molar-refractivity contribution in [2.45, 2.75) is 6.10 Å². The summed E-state index contributed by atoms with van der Waals surface area (Å²) in [5, 5.41) is 20.3. The highest BCUT2D eigenvalue weighted by atomic mass is 35.5. The summed E-state index contributed by atoms with van der Waals surface area (Å²) < 4.78 is 0. The van der Waals surface area contributed by atoms with Gasteiger partial charge in [0, 0.05) is 12.7 Å². The van der Waals surface area contributed by atoms with Crippen LogP contribution >= 0.6 is 11.6 Å². The van der Waals surface area contributed by atoms with Gasteiger partial charge in [-0.2, -0.15) is 0 Å². The molecular weight excluding hydrogens is 208 g/mol. The van der Waals surface area contributed by atoms with Crippen LogP contribution in [0.1, 0.15) is 10.5 Å². The van der Waals surface area contributed by atoms with E-state index in [2.05, 4.69) is 10.3 Å². The standard InChI is InChI=1S/C8H11ClN2O3/c9-5-1-7(10-2-5)8(14)11-3-6(13)4-12/h1-2,6,10,12-13H,3-4H2,(H,11,14). The maximum atomic E-state index is 11.3. The number of H-pyrrole nitrogens is 1. The Labute approximate surface area is 85.7 Å². The minimum absolute atomic E-state index is 0.00592. The van der Waals surface area contributed by atoms with Crippen LogP contribution in [-0.2, 0) is 0 Å². The molecule has 6 heteroatoms. The van der Waals surface area contributed by atoms with E-state index >= 15 is 0 Å². The molecule has 1 atom stereocenters. The van der Waals surface area contributed by atoms with Crippen molar-refractivity contribution in [2.24, 2.45) is 0 Å². The number of halogens is 1. The third-order valence-electron chi connectivity index (χ3n) is 1.60. The zero-order valence-corrected chi connectivity index (χ0v) is 8.08. The predicted octanol–water partition coefficient (Wildman–Crippen LogP) is -0.249. The first-order valence-electron chi connectivity index (χ1n) is 4.04. The fourth-order valence-corrected chi connectivity index (χ4v) is 1.03. The summed E-state index contributed by atoms with van der Waals surface area (Å²) in [6.45, 7) is -0.377. The zero-order chi connectivity index (χ0) is 10.6. The molecule has 78 valence electrons. The monoisotopic (exact) mass is 218 g/mol. The van der Waals surface area contributed by atoms with Gasteiger partial charge in [0.1, 0.15) is 5.69 Å². The molecule has 5 nitrogen and oxygen atoms in total. The lowest BCUT2D eigenvalue weighted by molar-refractivity contribution is 0.0799. The summed E-state index contributed by atoms with van der Waals surface area (Å²) >= 11 is 5.59. The molecule has 0 radical (unpaired) electrons. The molecule has 1 rings (SSSR count). The molecule has 1 heterocycles. The molecule has 1 aromatic heterocycles. The SMILES string of the molecule is O=C(NCC(O)CO)c1cc(Cl)c[nH]1. The van der Waals surface area contributed by atoms with Crippen LogP contribution in [0.2, 0.25) is 5.02 Å². The van der Waals surface area contributed by atoms with Gasteiger partial charge in [0.2, 0.25) is 0 Å². The highest BCUT2D eigenvalue weighted by Gasteiger charge is 2.09. The fraction of sp³-hybridized carbons (Fsp3) is 0.375. The zero-order valence-electron chi connectivity index (χ0n) is 7.33. The fourth-order valence-electron chi connectivity index (χ4n) is 0.869. The summed E-state index contributed by atoms with van der Waals surface area (Å²) in [5.41, 5.74) is 0.320. The molecule has 0 aliphatic heterocycles. The molecule has 0 saturated carbocycles. The number of aliphatic hydroxyl groups excluding tert-OH is 2. The topological polar surface area (TPSA) is 85.3 Å². The van der Waals surface area contributed by atoms with E-state index in [9.17, 15) is 4.79 Å². The molecule has 0 spiro atoms. The second-order valence-electron chi connectivity index (χ2n) is 2.78. The van der Waals surface area contributed by atoms with Crippen LogP contribution < -0.4 is 5.32 Å². The van der Waals surface area contributed by atoms with Gasteiger partial charge in [-0.25, -0.2) is 0 Å². The molecule has 0 aromatic carbocycles. The first-order chi connectivity index (χ1) is 6.63. The average Bonchev–Trinajstić information content (AvgIpc) is 2.60. The Morgan fingerprint density at radius 2 is 2.43 bits per heavy atom. The highest BCUT2D eigenvalue weighted by Crippen LogP contribution is 2.08. The summed E-state index contributed by atoms with van der Waals surface area (Å²) in [6.07, 6.45) is 0.545. The van der Waals surface area contributed by atoms with E-state index in [1.54, 1.807) is 0 Å². The van der Waals surface area contributed by atoms with E-state index in [1.165, 1.54) is 12.3 Å². The van der Waals surface area contributed by atoms with Gasteiger partial charge in [-0.15, -0.1) is 0 Å². The molecule has 0 aliphatic rings. The van der Waals surface area contributed by atoms with Crippen molar-refractivity contribution in [2.75, 3.05) is 13.2 Å². The van der Waals surface area contributed by atoms with Crippen molar-refractivity contribution in [3.8, 4) is 0 Å². The Hall–Kier alpha value is -1.04. The number of carbonyl (C=O) groups excluding carboxylic acids is 1. The predicted molar refractivity (Wildman–Crippen MR) is 51.2 cm³/mol. The normalized spacial score (nSPS) is 12.5. The van der Waals surface area contributed by atoms with E-state index in [0.717, 1.165) is 0 Å². The molecular formula is C8H11ClN2O3. The minimum atomic E-state index is -0.940. The van der Waals surface area contributed by atoms with Crippen LogP contribution in [0.3, 0.4) is 0 Å². The van der Waals surface area contributed by atoms with Crippen LogP contribution in [0, 0.1) is 0 Å². The Kier molecular flexibility index (Phi) is 3.94. The van der Waals surface area contributed by atoms with Crippen molar-refractivity contribution in [1.82, 2.24) is 10.3 Å². The second kappa shape index (κ2) is 4.99. The van der Waals surface area contributed by atoms with Crippen LogP contribution in [0.15, 0.2) is 12.3 Å². The number of rotatable bonds is 4. The van der Waals surface area contributed by atoms with Crippen molar-refractivity contribution in [3.63, 3.8) is 0 Å². The number of aliphatic hydroxyl groups is 2. The van der Waals surface area contributed by atoms with Gasteiger partial charge in [-0.3, -0.25) is 4.79 Å². The van der Waals surface area contributed by atoms with Gasteiger partial charge in [-0.1, -0.05) is 11.6 Å². The van der Waals surface area contributed by atoms with Gasteiger partial charge >= 0.3 is 0 Å². The van der Waals surface area contributed by atoms with Crippen LogP contribution in [0.4, 0.5) is 0 Å². The van der Waals surface area contributed by atoms with E-state index in [4.69, 9.17) is 21.8 Å². The Bertz CT molecular complexity index is 313. The van der Waals surface area contributed by atoms with Gasteiger partial charge in [-0.05, 0) is 6.07 Å². The molecule has 1 unspecified atom stereocenters. The number of hydrogen-bond donors (Lipinski definition) is 4. The molecule has 1 amide bonds. The summed E-state index contributed by atoms with van der Waals surface area (Å²) in [5.74, 6) is -0.371. The van der Waals surface area contributed by atoms with Gasteiger partial charge in [0.05, 0.1) is 17.7 Å². The minimum Gasteiger partial charge on any atom is -0.394 e. The average molecular weight is 219 g/mol. The second-order valence-corrected chi connectivity index (χ2v) is 3.21. The van der Waals surface area contributed by atoms with Crippen molar-refractivity contribution in [3.05, 3.63) is 23.0 Å².